The SMILES string of the molecule is Cc1c(Cl)ncnc1N1CCCCC1CO. The zero-order chi connectivity index (χ0) is 11.5. The number of aliphatic hydroxyl groups excluding tert-OH is 1. The lowest BCUT2D eigenvalue weighted by Gasteiger charge is -2.36. The molecule has 2 heterocycles. The number of piperidine rings is 1. The lowest BCUT2D eigenvalue weighted by Crippen LogP contribution is -2.42. The number of aliphatic hydroxyl groups is 1. The second kappa shape index (κ2) is 4.97. The topological polar surface area (TPSA) is 49.2 Å². The number of aromatic nitrogens is 2. The van der Waals surface area contributed by atoms with Gasteiger partial charge in [0.25, 0.3) is 0 Å². The molecule has 1 saturated heterocycles. The van der Waals surface area contributed by atoms with E-state index in [1.54, 1.807) is 0 Å². The van der Waals surface area contributed by atoms with Gasteiger partial charge in [0.2, 0.25) is 0 Å². The van der Waals surface area contributed by atoms with Crippen molar-refractivity contribution in [1.29, 1.82) is 0 Å². The summed E-state index contributed by atoms with van der Waals surface area (Å²) in [7, 11) is 0. The fraction of sp³-hybridized carbons (Fsp3) is 0.636. The van der Waals surface area contributed by atoms with Gasteiger partial charge in [0.05, 0.1) is 12.6 Å². The standard InChI is InChI=1S/C11H16ClN3O/c1-8-10(12)13-7-14-11(8)15-5-3-2-4-9(15)6-16/h7,9,16H,2-6H2,1H3. The average Bonchev–Trinajstić information content (AvgIpc) is 2.33. The van der Waals surface area contributed by atoms with Crippen molar-refractivity contribution in [3.05, 3.63) is 17.0 Å². The zero-order valence-electron chi connectivity index (χ0n) is 9.36. The summed E-state index contributed by atoms with van der Waals surface area (Å²) in [5, 5.41) is 9.86. The number of hydrogen-bond acceptors (Lipinski definition) is 4. The highest BCUT2D eigenvalue weighted by molar-refractivity contribution is 6.30. The molecule has 0 aromatic carbocycles. The van der Waals surface area contributed by atoms with Gasteiger partial charge in [-0.05, 0) is 26.2 Å². The van der Waals surface area contributed by atoms with Gasteiger partial charge in [-0.15, -0.1) is 0 Å². The number of anilines is 1. The summed E-state index contributed by atoms with van der Waals surface area (Å²) in [5.74, 6) is 0.860. The number of nitrogens with zero attached hydrogens (tertiary/aromatic N) is 3. The van der Waals surface area contributed by atoms with Crippen LogP contribution in [0.25, 0.3) is 0 Å². The molecular weight excluding hydrogens is 226 g/mol. The molecule has 0 aliphatic carbocycles. The van der Waals surface area contributed by atoms with E-state index in [0.29, 0.717) is 5.15 Å². The Bertz CT molecular complexity index is 372. The van der Waals surface area contributed by atoms with Crippen molar-refractivity contribution in [1.82, 2.24) is 9.97 Å². The lowest BCUT2D eigenvalue weighted by molar-refractivity contribution is 0.239. The van der Waals surface area contributed by atoms with E-state index >= 15 is 0 Å². The van der Waals surface area contributed by atoms with E-state index in [1.165, 1.54) is 12.7 Å². The summed E-state index contributed by atoms with van der Waals surface area (Å²) < 4.78 is 0. The van der Waals surface area contributed by atoms with Crippen LogP contribution in [0.5, 0.6) is 0 Å². The molecular formula is C11H16ClN3O. The molecule has 1 aromatic rings. The van der Waals surface area contributed by atoms with Gasteiger partial charge in [0, 0.05) is 12.1 Å². The van der Waals surface area contributed by atoms with Crippen molar-refractivity contribution in [2.75, 3.05) is 18.1 Å². The monoisotopic (exact) mass is 241 g/mol. The van der Waals surface area contributed by atoms with Gasteiger partial charge in [0.1, 0.15) is 17.3 Å². The van der Waals surface area contributed by atoms with Crippen LogP contribution in [-0.2, 0) is 0 Å². The first-order chi connectivity index (χ1) is 7.74. The highest BCUT2D eigenvalue weighted by Gasteiger charge is 2.24. The van der Waals surface area contributed by atoms with Gasteiger partial charge in [-0.2, -0.15) is 0 Å². The first kappa shape index (κ1) is 11.6. The third kappa shape index (κ3) is 2.13. The van der Waals surface area contributed by atoms with Gasteiger partial charge in [-0.25, -0.2) is 9.97 Å². The Hall–Kier alpha value is -0.870. The molecule has 1 aliphatic heterocycles. The summed E-state index contributed by atoms with van der Waals surface area (Å²) in [6.07, 6.45) is 4.79. The van der Waals surface area contributed by atoms with E-state index in [0.717, 1.165) is 30.8 Å². The predicted octanol–water partition coefficient (Wildman–Crippen LogP) is 1.79. The number of rotatable bonds is 2. The van der Waals surface area contributed by atoms with Crippen LogP contribution < -0.4 is 4.90 Å². The van der Waals surface area contributed by atoms with Gasteiger partial charge >= 0.3 is 0 Å². The highest BCUT2D eigenvalue weighted by atomic mass is 35.5. The summed E-state index contributed by atoms with van der Waals surface area (Å²) in [6.45, 7) is 3.02. The van der Waals surface area contributed by atoms with Gasteiger partial charge in [-0.3, -0.25) is 0 Å². The van der Waals surface area contributed by atoms with Crippen LogP contribution in [0.1, 0.15) is 24.8 Å². The molecule has 1 fully saturated rings. The van der Waals surface area contributed by atoms with Gasteiger partial charge in [0.15, 0.2) is 0 Å². The second-order valence-electron chi connectivity index (χ2n) is 4.14. The van der Waals surface area contributed by atoms with Crippen molar-refractivity contribution in [2.24, 2.45) is 0 Å². The van der Waals surface area contributed by atoms with Crippen LogP contribution >= 0.6 is 11.6 Å². The van der Waals surface area contributed by atoms with E-state index in [4.69, 9.17) is 11.6 Å². The van der Waals surface area contributed by atoms with E-state index in [9.17, 15) is 5.11 Å². The molecule has 0 bridgehead atoms. The maximum Gasteiger partial charge on any atom is 0.137 e. The Morgan fingerprint density at radius 1 is 1.50 bits per heavy atom. The van der Waals surface area contributed by atoms with Crippen molar-refractivity contribution in [3.8, 4) is 0 Å². The Morgan fingerprint density at radius 3 is 3.06 bits per heavy atom. The molecule has 1 N–H and O–H groups in total. The maximum absolute atomic E-state index is 9.36. The third-order valence-electron chi connectivity index (χ3n) is 3.11. The van der Waals surface area contributed by atoms with Crippen molar-refractivity contribution < 1.29 is 5.11 Å². The van der Waals surface area contributed by atoms with E-state index in [1.807, 2.05) is 6.92 Å². The van der Waals surface area contributed by atoms with Gasteiger partial charge in [-0.1, -0.05) is 11.6 Å². The quantitative estimate of drug-likeness (QED) is 0.802. The molecule has 4 nitrogen and oxygen atoms in total. The van der Waals surface area contributed by atoms with Crippen molar-refractivity contribution >= 4 is 17.4 Å². The fourth-order valence-electron chi connectivity index (χ4n) is 2.18. The number of halogens is 1. The number of hydrogen-bond donors (Lipinski definition) is 1. The molecule has 1 aromatic heterocycles. The minimum absolute atomic E-state index is 0.165. The first-order valence-electron chi connectivity index (χ1n) is 5.58. The van der Waals surface area contributed by atoms with Crippen LogP contribution in [0, 0.1) is 6.92 Å². The van der Waals surface area contributed by atoms with Crippen LogP contribution in [0.15, 0.2) is 6.33 Å². The van der Waals surface area contributed by atoms with E-state index in [-0.39, 0.29) is 12.6 Å². The summed E-state index contributed by atoms with van der Waals surface area (Å²) in [4.78, 5) is 10.4. The molecule has 0 amide bonds. The molecule has 16 heavy (non-hydrogen) atoms. The van der Waals surface area contributed by atoms with Crippen LogP contribution in [0.3, 0.4) is 0 Å². The molecule has 0 saturated carbocycles. The molecule has 1 unspecified atom stereocenters. The molecule has 5 heteroatoms. The molecule has 1 atom stereocenters. The minimum atomic E-state index is 0.165. The Labute approximate surface area is 100 Å². The van der Waals surface area contributed by atoms with E-state index < -0.39 is 0 Å². The minimum Gasteiger partial charge on any atom is -0.394 e. The summed E-state index contributed by atoms with van der Waals surface area (Å²) >= 11 is 5.98. The Kier molecular flexibility index (Phi) is 3.61. The molecule has 1 aliphatic rings. The normalized spacial score (nSPS) is 21.2. The predicted molar refractivity (Wildman–Crippen MR) is 63.8 cm³/mol. The largest absolute Gasteiger partial charge is 0.394 e. The smallest absolute Gasteiger partial charge is 0.137 e. The van der Waals surface area contributed by atoms with Crippen LogP contribution in [0.4, 0.5) is 5.82 Å². The average molecular weight is 242 g/mol. The fourth-order valence-corrected chi connectivity index (χ4v) is 2.31. The van der Waals surface area contributed by atoms with Crippen molar-refractivity contribution in [3.63, 3.8) is 0 Å². The second-order valence-corrected chi connectivity index (χ2v) is 4.50. The summed E-state index contributed by atoms with van der Waals surface area (Å²) in [6, 6.07) is 0.165. The highest BCUT2D eigenvalue weighted by Crippen LogP contribution is 2.27. The molecule has 2 rings (SSSR count). The lowest BCUT2D eigenvalue weighted by atomic mass is 10.0. The summed E-state index contributed by atoms with van der Waals surface area (Å²) in [5.41, 5.74) is 0.893. The molecule has 0 radical (unpaired) electrons. The maximum atomic E-state index is 9.36. The van der Waals surface area contributed by atoms with E-state index in [2.05, 4.69) is 14.9 Å². The Morgan fingerprint density at radius 2 is 2.31 bits per heavy atom. The molecule has 0 spiro atoms. The Balaban J connectivity index is 2.30. The van der Waals surface area contributed by atoms with Gasteiger partial charge < -0.3 is 10.0 Å². The third-order valence-corrected chi connectivity index (χ3v) is 3.49. The van der Waals surface area contributed by atoms with Crippen molar-refractivity contribution in [2.45, 2.75) is 32.2 Å². The first-order valence-corrected chi connectivity index (χ1v) is 5.96. The molecule has 88 valence electrons. The zero-order valence-corrected chi connectivity index (χ0v) is 10.1. The van der Waals surface area contributed by atoms with Crippen LogP contribution in [-0.4, -0.2) is 34.3 Å². The van der Waals surface area contributed by atoms with Crippen LogP contribution in [0.2, 0.25) is 5.15 Å².